The third-order valence-electron chi connectivity index (χ3n) is 5.90. The number of H-pyrrole nitrogens is 1. The maximum Gasteiger partial charge on any atom is 0.255 e. The number of aromatic amines is 1. The van der Waals surface area contributed by atoms with Crippen molar-refractivity contribution in [3.63, 3.8) is 0 Å². The fourth-order valence-electron chi connectivity index (χ4n) is 4.16. The summed E-state index contributed by atoms with van der Waals surface area (Å²) in [4.78, 5) is 26.9. The van der Waals surface area contributed by atoms with Crippen LogP contribution < -0.4 is 10.3 Å². The Morgan fingerprint density at radius 2 is 1.97 bits per heavy atom. The van der Waals surface area contributed by atoms with E-state index in [9.17, 15) is 4.79 Å². The fraction of sp³-hybridized carbons (Fsp3) is 0.240. The van der Waals surface area contributed by atoms with Crippen molar-refractivity contribution in [1.82, 2.24) is 24.4 Å². The summed E-state index contributed by atoms with van der Waals surface area (Å²) in [5, 5.41) is 0. The number of ether oxygens (including phenoxy) is 1. The van der Waals surface area contributed by atoms with Gasteiger partial charge in [-0.25, -0.2) is 4.98 Å². The van der Waals surface area contributed by atoms with Gasteiger partial charge >= 0.3 is 0 Å². The lowest BCUT2D eigenvalue weighted by atomic mass is 10.1. The molecule has 7 heteroatoms. The van der Waals surface area contributed by atoms with E-state index in [-0.39, 0.29) is 5.56 Å². The Bertz CT molecular complexity index is 1260. The van der Waals surface area contributed by atoms with Gasteiger partial charge in [-0.3, -0.25) is 14.7 Å². The first-order chi connectivity index (χ1) is 15.7. The van der Waals surface area contributed by atoms with E-state index in [1.165, 1.54) is 11.3 Å². The number of hydrogen-bond acceptors (Lipinski definition) is 5. The summed E-state index contributed by atoms with van der Waals surface area (Å²) in [6.45, 7) is 3.04. The molecule has 0 unspecified atom stereocenters. The molecule has 0 aliphatic carbocycles. The molecule has 4 aromatic rings. The van der Waals surface area contributed by atoms with Crippen molar-refractivity contribution in [2.24, 2.45) is 0 Å². The zero-order chi connectivity index (χ0) is 21.9. The molecule has 1 aliphatic heterocycles. The molecule has 0 bridgehead atoms. The maximum atomic E-state index is 12.8. The number of nitrogens with zero attached hydrogens (tertiary/aromatic N) is 4. The smallest absolute Gasteiger partial charge is 0.255 e. The molecule has 1 aliphatic rings. The van der Waals surface area contributed by atoms with E-state index in [1.807, 2.05) is 24.3 Å². The van der Waals surface area contributed by atoms with E-state index in [4.69, 9.17) is 9.72 Å². The average molecular weight is 428 g/mol. The second kappa shape index (κ2) is 8.80. The quantitative estimate of drug-likeness (QED) is 0.511. The lowest BCUT2D eigenvalue weighted by Crippen LogP contribution is -2.36. The van der Waals surface area contributed by atoms with E-state index in [0.29, 0.717) is 12.4 Å². The number of benzene rings is 1. The molecular formula is C25H25N5O2. The maximum absolute atomic E-state index is 12.8. The molecule has 3 aromatic heterocycles. The summed E-state index contributed by atoms with van der Waals surface area (Å²) in [6, 6.07) is 16.1. The van der Waals surface area contributed by atoms with Gasteiger partial charge in [0.15, 0.2) is 0 Å². The van der Waals surface area contributed by atoms with E-state index in [0.717, 1.165) is 48.6 Å². The van der Waals surface area contributed by atoms with E-state index >= 15 is 0 Å². The van der Waals surface area contributed by atoms with Crippen molar-refractivity contribution in [2.45, 2.75) is 26.1 Å². The van der Waals surface area contributed by atoms with Crippen molar-refractivity contribution in [1.29, 1.82) is 0 Å². The van der Waals surface area contributed by atoms with Gasteiger partial charge in [-0.15, -0.1) is 0 Å². The van der Waals surface area contributed by atoms with Crippen molar-refractivity contribution in [2.75, 3.05) is 13.7 Å². The van der Waals surface area contributed by atoms with Crippen molar-refractivity contribution < 1.29 is 4.74 Å². The van der Waals surface area contributed by atoms with Crippen LogP contribution in [0.1, 0.15) is 22.5 Å². The van der Waals surface area contributed by atoms with Crippen LogP contribution in [0.5, 0.6) is 5.75 Å². The van der Waals surface area contributed by atoms with Crippen LogP contribution in [0.4, 0.5) is 0 Å². The molecule has 0 saturated heterocycles. The van der Waals surface area contributed by atoms with E-state index < -0.39 is 0 Å². The Hall–Kier alpha value is -3.71. The summed E-state index contributed by atoms with van der Waals surface area (Å²) in [6.07, 6.45) is 6.29. The molecule has 0 atom stereocenters. The third-order valence-corrected chi connectivity index (χ3v) is 5.90. The number of rotatable bonds is 6. The number of methoxy groups -OCH3 is 1. The highest BCUT2D eigenvalue weighted by atomic mass is 16.5. The van der Waals surface area contributed by atoms with Crippen molar-refractivity contribution >= 4 is 0 Å². The first kappa shape index (κ1) is 20.2. The molecular weight excluding hydrogens is 402 g/mol. The zero-order valence-corrected chi connectivity index (χ0v) is 18.0. The minimum Gasteiger partial charge on any atom is -0.497 e. The highest BCUT2D eigenvalue weighted by Crippen LogP contribution is 2.20. The summed E-state index contributed by atoms with van der Waals surface area (Å²) < 4.78 is 7.50. The van der Waals surface area contributed by atoms with Gasteiger partial charge in [-0.2, -0.15) is 0 Å². The molecule has 1 N–H and O–H groups in total. The molecule has 5 rings (SSSR count). The van der Waals surface area contributed by atoms with Gasteiger partial charge < -0.3 is 14.3 Å². The lowest BCUT2D eigenvalue weighted by molar-refractivity contribution is 0.236. The minimum atomic E-state index is -0.0628. The average Bonchev–Trinajstić information content (AvgIpc) is 3.26. The highest BCUT2D eigenvalue weighted by Gasteiger charge is 2.22. The topological polar surface area (TPSA) is 76.0 Å². The second-order valence-corrected chi connectivity index (χ2v) is 8.02. The zero-order valence-electron chi connectivity index (χ0n) is 18.0. The molecule has 0 fully saturated rings. The summed E-state index contributed by atoms with van der Waals surface area (Å²) in [5.74, 6) is 1.45. The number of fused-ring (bicyclic) bond motifs is 1. The minimum absolute atomic E-state index is 0.0628. The largest absolute Gasteiger partial charge is 0.497 e. The normalized spacial score (nSPS) is 13.7. The number of aromatic nitrogens is 4. The molecule has 32 heavy (non-hydrogen) atoms. The molecule has 162 valence electrons. The monoisotopic (exact) mass is 427 g/mol. The van der Waals surface area contributed by atoms with Crippen LogP contribution in [0.25, 0.3) is 11.4 Å². The number of nitrogens with one attached hydrogen (secondary N) is 1. The molecule has 0 saturated carbocycles. The standard InChI is InChI=1S/C25H25N5O2/c1-32-21-8-6-18(7-9-21)15-30-12-3-5-20(30)16-29-13-10-23-22(17-29)25(31)28-24(27-23)19-4-2-11-26-14-19/h2-9,11-12,14H,10,13,15-17H2,1H3,(H,27,28,31). The Morgan fingerprint density at radius 1 is 1.09 bits per heavy atom. The highest BCUT2D eigenvalue weighted by molar-refractivity contribution is 5.53. The van der Waals surface area contributed by atoms with Crippen molar-refractivity contribution in [3.8, 4) is 17.1 Å². The Morgan fingerprint density at radius 3 is 2.75 bits per heavy atom. The summed E-state index contributed by atoms with van der Waals surface area (Å²) in [7, 11) is 1.68. The van der Waals surface area contributed by atoms with E-state index in [2.05, 4.69) is 49.9 Å². The Kier molecular flexibility index (Phi) is 5.56. The summed E-state index contributed by atoms with van der Waals surface area (Å²) >= 11 is 0. The predicted octanol–water partition coefficient (Wildman–Crippen LogP) is 3.25. The first-order valence-corrected chi connectivity index (χ1v) is 10.7. The van der Waals surface area contributed by atoms with Crippen LogP contribution >= 0.6 is 0 Å². The number of hydrogen-bond donors (Lipinski definition) is 1. The molecule has 1 aromatic carbocycles. The first-order valence-electron chi connectivity index (χ1n) is 10.7. The molecule has 7 nitrogen and oxygen atoms in total. The van der Waals surface area contributed by atoms with Gasteiger partial charge in [0, 0.05) is 62.4 Å². The van der Waals surface area contributed by atoms with Crippen LogP contribution in [0.15, 0.2) is 71.9 Å². The summed E-state index contributed by atoms with van der Waals surface area (Å²) in [5.41, 5.74) is 4.85. The van der Waals surface area contributed by atoms with Crippen LogP contribution in [0.2, 0.25) is 0 Å². The van der Waals surface area contributed by atoms with Crippen LogP contribution in [-0.2, 0) is 26.1 Å². The van der Waals surface area contributed by atoms with Crippen LogP contribution in [0.3, 0.4) is 0 Å². The van der Waals surface area contributed by atoms with Gasteiger partial charge in [0.05, 0.1) is 18.4 Å². The SMILES string of the molecule is COc1ccc(Cn2cccc2CN2CCc3nc(-c4cccnc4)[nH]c(=O)c3C2)cc1. The second-order valence-electron chi connectivity index (χ2n) is 8.02. The van der Waals surface area contributed by atoms with Gasteiger partial charge in [0.2, 0.25) is 0 Å². The van der Waals surface area contributed by atoms with Crippen molar-refractivity contribution in [3.05, 3.63) is 100.0 Å². The van der Waals surface area contributed by atoms with Crippen LogP contribution in [-0.4, -0.2) is 38.1 Å². The molecule has 4 heterocycles. The third kappa shape index (κ3) is 4.20. The molecule has 0 amide bonds. The fourth-order valence-corrected chi connectivity index (χ4v) is 4.16. The Balaban J connectivity index is 1.31. The van der Waals surface area contributed by atoms with E-state index in [1.54, 1.807) is 19.5 Å². The number of pyridine rings is 1. The van der Waals surface area contributed by atoms with Gasteiger partial charge in [-0.1, -0.05) is 12.1 Å². The van der Waals surface area contributed by atoms with Gasteiger partial charge in [0.25, 0.3) is 5.56 Å². The predicted molar refractivity (Wildman–Crippen MR) is 122 cm³/mol. The Labute approximate surface area is 186 Å². The van der Waals surface area contributed by atoms with Gasteiger partial charge in [-0.05, 0) is 42.0 Å². The molecule has 0 spiro atoms. The van der Waals surface area contributed by atoms with Gasteiger partial charge in [0.1, 0.15) is 11.6 Å². The lowest BCUT2D eigenvalue weighted by Gasteiger charge is -2.28. The van der Waals surface area contributed by atoms with Crippen LogP contribution in [0, 0.1) is 0 Å². The molecule has 0 radical (unpaired) electrons.